The molecule has 3 heterocycles. The average molecular weight is 407 g/mol. The molecule has 0 aliphatic heterocycles. The number of nitrogens with zero attached hydrogens (tertiary/aromatic N) is 4. The molecule has 0 unspecified atom stereocenters. The van der Waals surface area contributed by atoms with Crippen LogP contribution in [0.4, 0.5) is 0 Å². The first kappa shape index (κ1) is 18.2. The SMILES string of the molecule is O=c1[nH]c(CSc2nnc(-c3ccco3)n2C2CCCCC2)nc2ccccc12. The number of fused-ring (bicyclic) bond motifs is 1. The highest BCUT2D eigenvalue weighted by atomic mass is 32.2. The van der Waals surface area contributed by atoms with Crippen LogP contribution in [-0.4, -0.2) is 24.7 Å². The van der Waals surface area contributed by atoms with Crippen LogP contribution < -0.4 is 5.56 Å². The summed E-state index contributed by atoms with van der Waals surface area (Å²) in [6, 6.07) is 11.5. The molecule has 0 bridgehead atoms. The molecule has 1 aliphatic carbocycles. The van der Waals surface area contributed by atoms with Crippen LogP contribution >= 0.6 is 11.8 Å². The summed E-state index contributed by atoms with van der Waals surface area (Å²) in [6.07, 6.45) is 7.59. The molecule has 1 aromatic carbocycles. The summed E-state index contributed by atoms with van der Waals surface area (Å²) in [4.78, 5) is 19.8. The molecule has 0 saturated heterocycles. The zero-order valence-electron chi connectivity index (χ0n) is 15.9. The fourth-order valence-electron chi connectivity index (χ4n) is 3.95. The predicted octanol–water partition coefficient (Wildman–Crippen LogP) is 4.57. The second-order valence-electron chi connectivity index (χ2n) is 7.26. The van der Waals surface area contributed by atoms with Gasteiger partial charge < -0.3 is 9.40 Å². The second-order valence-corrected chi connectivity index (χ2v) is 8.21. The number of rotatable bonds is 5. The molecular weight excluding hydrogens is 386 g/mol. The maximum absolute atomic E-state index is 12.3. The fourth-order valence-corrected chi connectivity index (χ4v) is 4.83. The van der Waals surface area contributed by atoms with Crippen molar-refractivity contribution in [1.29, 1.82) is 0 Å². The van der Waals surface area contributed by atoms with Gasteiger partial charge in [0.2, 0.25) is 5.82 Å². The highest BCUT2D eigenvalue weighted by Crippen LogP contribution is 2.36. The zero-order valence-corrected chi connectivity index (χ0v) is 16.7. The molecule has 5 rings (SSSR count). The summed E-state index contributed by atoms with van der Waals surface area (Å²) in [5, 5.41) is 10.3. The Bertz CT molecular complexity index is 1180. The number of para-hydroxylation sites is 1. The molecule has 1 N–H and O–H groups in total. The highest BCUT2D eigenvalue weighted by Gasteiger charge is 2.25. The molecule has 7 nitrogen and oxygen atoms in total. The molecule has 0 radical (unpaired) electrons. The normalized spacial score (nSPS) is 15.2. The Morgan fingerprint density at radius 2 is 1.97 bits per heavy atom. The molecule has 8 heteroatoms. The standard InChI is InChI=1S/C21H21N5O2S/c27-20-15-9-4-5-10-16(15)22-18(23-20)13-29-21-25-24-19(17-11-6-12-28-17)26(21)14-7-2-1-3-8-14/h4-6,9-12,14H,1-3,7-8,13H2,(H,22,23,27). The molecule has 1 aliphatic rings. The monoisotopic (exact) mass is 407 g/mol. The van der Waals surface area contributed by atoms with Crippen molar-refractivity contribution in [3.63, 3.8) is 0 Å². The molecule has 0 amide bonds. The minimum absolute atomic E-state index is 0.115. The smallest absolute Gasteiger partial charge is 0.258 e. The van der Waals surface area contributed by atoms with Gasteiger partial charge in [-0.2, -0.15) is 0 Å². The van der Waals surface area contributed by atoms with Crippen LogP contribution in [0.3, 0.4) is 0 Å². The van der Waals surface area contributed by atoms with E-state index in [1.807, 2.05) is 30.3 Å². The van der Waals surface area contributed by atoms with Crippen LogP contribution in [0.25, 0.3) is 22.5 Å². The molecule has 0 atom stereocenters. The molecule has 3 aromatic heterocycles. The van der Waals surface area contributed by atoms with Gasteiger partial charge in [-0.1, -0.05) is 43.2 Å². The van der Waals surface area contributed by atoms with E-state index in [1.54, 1.807) is 24.1 Å². The lowest BCUT2D eigenvalue weighted by molar-refractivity contribution is 0.337. The van der Waals surface area contributed by atoms with E-state index in [0.29, 0.717) is 28.5 Å². The van der Waals surface area contributed by atoms with Crippen molar-refractivity contribution < 1.29 is 4.42 Å². The van der Waals surface area contributed by atoms with Crippen molar-refractivity contribution in [2.75, 3.05) is 0 Å². The van der Waals surface area contributed by atoms with Crippen LogP contribution in [0.15, 0.2) is 57.0 Å². The van der Waals surface area contributed by atoms with Crippen molar-refractivity contribution in [2.45, 2.75) is 49.1 Å². The van der Waals surface area contributed by atoms with Gasteiger partial charge in [-0.05, 0) is 37.1 Å². The molecule has 1 saturated carbocycles. The number of hydrogen-bond acceptors (Lipinski definition) is 6. The summed E-state index contributed by atoms with van der Waals surface area (Å²) in [5.74, 6) is 2.65. The number of H-pyrrole nitrogens is 1. The van der Waals surface area contributed by atoms with E-state index < -0.39 is 0 Å². The Labute approximate surface area is 171 Å². The van der Waals surface area contributed by atoms with Gasteiger partial charge in [-0.25, -0.2) is 4.98 Å². The molecule has 1 fully saturated rings. The minimum Gasteiger partial charge on any atom is -0.461 e. The lowest BCUT2D eigenvalue weighted by Gasteiger charge is -2.25. The van der Waals surface area contributed by atoms with E-state index in [9.17, 15) is 4.79 Å². The first-order chi connectivity index (χ1) is 14.3. The number of aromatic nitrogens is 5. The summed E-state index contributed by atoms with van der Waals surface area (Å²) < 4.78 is 7.81. The molecule has 29 heavy (non-hydrogen) atoms. The first-order valence-corrected chi connectivity index (χ1v) is 10.9. The summed E-state index contributed by atoms with van der Waals surface area (Å²) in [5.41, 5.74) is 0.591. The molecule has 0 spiro atoms. The van der Waals surface area contributed by atoms with Gasteiger partial charge in [0.05, 0.1) is 22.9 Å². The van der Waals surface area contributed by atoms with Gasteiger partial charge in [0.1, 0.15) is 5.82 Å². The van der Waals surface area contributed by atoms with E-state index in [1.165, 1.54) is 19.3 Å². The maximum atomic E-state index is 12.3. The first-order valence-electron chi connectivity index (χ1n) is 9.89. The van der Waals surface area contributed by atoms with Gasteiger partial charge >= 0.3 is 0 Å². The summed E-state index contributed by atoms with van der Waals surface area (Å²) in [7, 11) is 0. The van der Waals surface area contributed by atoms with Crippen molar-refractivity contribution >= 4 is 22.7 Å². The lowest BCUT2D eigenvalue weighted by Crippen LogP contribution is -2.15. The van der Waals surface area contributed by atoms with E-state index >= 15 is 0 Å². The van der Waals surface area contributed by atoms with Gasteiger partial charge in [0, 0.05) is 6.04 Å². The largest absolute Gasteiger partial charge is 0.461 e. The summed E-state index contributed by atoms with van der Waals surface area (Å²) in [6.45, 7) is 0. The Hall–Kier alpha value is -2.87. The predicted molar refractivity (Wildman–Crippen MR) is 112 cm³/mol. The highest BCUT2D eigenvalue weighted by molar-refractivity contribution is 7.98. The Morgan fingerprint density at radius 1 is 1.10 bits per heavy atom. The number of thioether (sulfide) groups is 1. The Kier molecular flexibility index (Phi) is 4.93. The maximum Gasteiger partial charge on any atom is 0.258 e. The van der Waals surface area contributed by atoms with E-state index in [4.69, 9.17) is 4.42 Å². The van der Waals surface area contributed by atoms with Gasteiger partial charge in [-0.15, -0.1) is 10.2 Å². The fraction of sp³-hybridized carbons (Fsp3) is 0.333. The third-order valence-electron chi connectivity index (χ3n) is 5.35. The molecule has 4 aromatic rings. The van der Waals surface area contributed by atoms with Gasteiger partial charge in [0.25, 0.3) is 5.56 Å². The number of hydrogen-bond donors (Lipinski definition) is 1. The van der Waals surface area contributed by atoms with Crippen LogP contribution in [-0.2, 0) is 5.75 Å². The van der Waals surface area contributed by atoms with Gasteiger partial charge in [-0.3, -0.25) is 9.36 Å². The lowest BCUT2D eigenvalue weighted by atomic mass is 9.95. The third-order valence-corrected chi connectivity index (χ3v) is 6.30. The third kappa shape index (κ3) is 3.60. The van der Waals surface area contributed by atoms with Crippen molar-refractivity contribution in [1.82, 2.24) is 24.7 Å². The van der Waals surface area contributed by atoms with E-state index in [2.05, 4.69) is 24.7 Å². The van der Waals surface area contributed by atoms with Crippen LogP contribution in [0, 0.1) is 0 Å². The summed E-state index contributed by atoms with van der Waals surface area (Å²) >= 11 is 1.54. The minimum atomic E-state index is -0.115. The number of nitrogens with one attached hydrogen (secondary N) is 1. The quantitative estimate of drug-likeness (QED) is 0.487. The van der Waals surface area contributed by atoms with Crippen LogP contribution in [0.1, 0.15) is 44.0 Å². The average Bonchev–Trinajstić information content (AvgIpc) is 3.43. The Morgan fingerprint density at radius 3 is 2.79 bits per heavy atom. The van der Waals surface area contributed by atoms with E-state index in [-0.39, 0.29) is 5.56 Å². The topological polar surface area (TPSA) is 89.6 Å². The second kappa shape index (κ2) is 7.87. The van der Waals surface area contributed by atoms with Gasteiger partial charge in [0.15, 0.2) is 10.9 Å². The van der Waals surface area contributed by atoms with Crippen molar-refractivity contribution in [2.24, 2.45) is 0 Å². The zero-order chi connectivity index (χ0) is 19.6. The van der Waals surface area contributed by atoms with Crippen molar-refractivity contribution in [3.8, 4) is 11.6 Å². The number of furan rings is 1. The van der Waals surface area contributed by atoms with Crippen LogP contribution in [0.5, 0.6) is 0 Å². The number of benzene rings is 1. The molecular formula is C21H21N5O2S. The Balaban J connectivity index is 1.46. The van der Waals surface area contributed by atoms with Crippen molar-refractivity contribution in [3.05, 3.63) is 58.8 Å². The van der Waals surface area contributed by atoms with Crippen LogP contribution in [0.2, 0.25) is 0 Å². The van der Waals surface area contributed by atoms with E-state index in [0.717, 1.165) is 29.6 Å². The molecule has 148 valence electrons. The number of aromatic amines is 1.